The summed E-state index contributed by atoms with van der Waals surface area (Å²) >= 11 is 3.02. The van der Waals surface area contributed by atoms with E-state index in [9.17, 15) is 4.79 Å². The molecule has 1 saturated carbocycles. The van der Waals surface area contributed by atoms with E-state index in [-0.39, 0.29) is 5.91 Å². The molecule has 0 unspecified atom stereocenters. The first-order chi connectivity index (χ1) is 7.83. The number of carbonyl (C=O) groups is 1. The van der Waals surface area contributed by atoms with Crippen molar-refractivity contribution in [2.45, 2.75) is 18.8 Å². The maximum atomic E-state index is 11.7. The zero-order chi connectivity index (χ0) is 11.0. The number of amides is 1. The Kier molecular flexibility index (Phi) is 2.49. The van der Waals surface area contributed by atoms with Crippen LogP contribution in [0, 0.1) is 0 Å². The van der Waals surface area contributed by atoms with E-state index in [4.69, 9.17) is 0 Å². The molecular formula is C11H10N2OS2. The number of rotatable bonds is 3. The molecule has 1 aliphatic carbocycles. The topological polar surface area (TPSA) is 42.0 Å². The van der Waals surface area contributed by atoms with Crippen LogP contribution in [0.5, 0.6) is 0 Å². The van der Waals surface area contributed by atoms with Gasteiger partial charge in [-0.05, 0) is 24.3 Å². The highest BCUT2D eigenvalue weighted by Crippen LogP contribution is 2.40. The molecule has 82 valence electrons. The lowest BCUT2D eigenvalue weighted by molar-refractivity contribution is 0.102. The molecule has 1 aliphatic rings. The van der Waals surface area contributed by atoms with Crippen molar-refractivity contribution in [3.05, 3.63) is 33.5 Å². The molecule has 0 aliphatic heterocycles. The minimum atomic E-state index is -0.0713. The molecule has 1 N–H and O–H groups in total. The second-order valence-electron chi connectivity index (χ2n) is 3.82. The summed E-state index contributed by atoms with van der Waals surface area (Å²) in [6.07, 6.45) is 2.48. The first kappa shape index (κ1) is 9.99. The Hall–Kier alpha value is -1.20. The summed E-state index contributed by atoms with van der Waals surface area (Å²) in [7, 11) is 0. The third kappa shape index (κ3) is 2.01. The van der Waals surface area contributed by atoms with Crippen LogP contribution >= 0.6 is 22.7 Å². The van der Waals surface area contributed by atoms with Gasteiger partial charge in [0.15, 0.2) is 5.13 Å². The number of carbonyl (C=O) groups excluding carboxylic acids is 1. The summed E-state index contributed by atoms with van der Waals surface area (Å²) in [5.74, 6) is 0.570. The van der Waals surface area contributed by atoms with E-state index in [1.54, 1.807) is 0 Å². The maximum absolute atomic E-state index is 11.7. The average Bonchev–Trinajstić information content (AvgIpc) is 2.82. The molecule has 1 fully saturated rings. The minimum Gasteiger partial charge on any atom is -0.298 e. The zero-order valence-electron chi connectivity index (χ0n) is 8.47. The zero-order valence-corrected chi connectivity index (χ0v) is 10.1. The Morgan fingerprint density at radius 3 is 3.00 bits per heavy atom. The molecule has 2 heterocycles. The van der Waals surface area contributed by atoms with Crippen molar-refractivity contribution in [3.63, 3.8) is 0 Å². The third-order valence-corrected chi connectivity index (χ3v) is 3.98. The van der Waals surface area contributed by atoms with Crippen molar-refractivity contribution < 1.29 is 4.79 Å². The molecule has 0 atom stereocenters. The number of nitrogens with one attached hydrogen (secondary N) is 1. The monoisotopic (exact) mass is 250 g/mol. The SMILES string of the molecule is O=C(Nc1nc(C2CC2)cs1)c1ccsc1. The normalized spacial score (nSPS) is 15.0. The van der Waals surface area contributed by atoms with Gasteiger partial charge in [0, 0.05) is 16.7 Å². The molecule has 0 spiro atoms. The van der Waals surface area contributed by atoms with Gasteiger partial charge in [-0.3, -0.25) is 10.1 Å². The van der Waals surface area contributed by atoms with Crippen molar-refractivity contribution in [1.82, 2.24) is 4.98 Å². The molecule has 3 nitrogen and oxygen atoms in total. The van der Waals surface area contributed by atoms with Crippen molar-refractivity contribution in [1.29, 1.82) is 0 Å². The number of aromatic nitrogens is 1. The van der Waals surface area contributed by atoms with Gasteiger partial charge in [-0.15, -0.1) is 11.3 Å². The number of thiazole rings is 1. The van der Waals surface area contributed by atoms with E-state index >= 15 is 0 Å². The van der Waals surface area contributed by atoms with Gasteiger partial charge in [0.25, 0.3) is 5.91 Å². The lowest BCUT2D eigenvalue weighted by Gasteiger charge is -1.97. The summed E-state index contributed by atoms with van der Waals surface area (Å²) in [6, 6.07) is 1.81. The second-order valence-corrected chi connectivity index (χ2v) is 5.46. The van der Waals surface area contributed by atoms with E-state index in [1.807, 2.05) is 22.2 Å². The Bertz CT molecular complexity index is 500. The van der Waals surface area contributed by atoms with E-state index < -0.39 is 0 Å². The second kappa shape index (κ2) is 3.99. The summed E-state index contributed by atoms with van der Waals surface area (Å²) in [5.41, 5.74) is 1.83. The molecule has 3 rings (SSSR count). The van der Waals surface area contributed by atoms with Crippen LogP contribution in [-0.2, 0) is 0 Å². The van der Waals surface area contributed by atoms with Crippen LogP contribution in [0.15, 0.2) is 22.2 Å². The third-order valence-electron chi connectivity index (χ3n) is 2.52. The Balaban J connectivity index is 1.71. The lowest BCUT2D eigenvalue weighted by atomic mass is 10.3. The Labute approximate surface area is 101 Å². The highest BCUT2D eigenvalue weighted by molar-refractivity contribution is 7.14. The predicted molar refractivity (Wildman–Crippen MR) is 66.4 cm³/mol. The van der Waals surface area contributed by atoms with Gasteiger partial charge in [0.2, 0.25) is 0 Å². The Morgan fingerprint density at radius 1 is 1.44 bits per heavy atom. The van der Waals surface area contributed by atoms with Crippen molar-refractivity contribution in [3.8, 4) is 0 Å². The van der Waals surface area contributed by atoms with Crippen LogP contribution in [0.2, 0.25) is 0 Å². The summed E-state index contributed by atoms with van der Waals surface area (Å²) < 4.78 is 0. The van der Waals surface area contributed by atoms with Crippen molar-refractivity contribution in [2.75, 3.05) is 5.32 Å². The molecule has 0 bridgehead atoms. The lowest BCUT2D eigenvalue weighted by Crippen LogP contribution is -2.10. The van der Waals surface area contributed by atoms with Gasteiger partial charge in [-0.2, -0.15) is 11.3 Å². The largest absolute Gasteiger partial charge is 0.298 e. The van der Waals surface area contributed by atoms with Gasteiger partial charge in [-0.1, -0.05) is 0 Å². The maximum Gasteiger partial charge on any atom is 0.258 e. The molecule has 5 heteroatoms. The van der Waals surface area contributed by atoms with Crippen LogP contribution in [0.4, 0.5) is 5.13 Å². The quantitative estimate of drug-likeness (QED) is 0.907. The summed E-state index contributed by atoms with van der Waals surface area (Å²) in [5, 5.41) is 9.30. The fourth-order valence-electron chi connectivity index (χ4n) is 1.47. The molecular weight excluding hydrogens is 240 g/mol. The van der Waals surface area contributed by atoms with Gasteiger partial charge in [0.1, 0.15) is 0 Å². The molecule has 0 radical (unpaired) electrons. The summed E-state index contributed by atoms with van der Waals surface area (Å²) in [4.78, 5) is 16.1. The van der Waals surface area contributed by atoms with Gasteiger partial charge < -0.3 is 0 Å². The highest BCUT2D eigenvalue weighted by atomic mass is 32.1. The van der Waals surface area contributed by atoms with Crippen LogP contribution in [0.25, 0.3) is 0 Å². The molecule has 2 aromatic rings. The van der Waals surface area contributed by atoms with E-state index in [0.29, 0.717) is 16.6 Å². The van der Waals surface area contributed by atoms with Crippen LogP contribution in [0.3, 0.4) is 0 Å². The number of nitrogens with zero attached hydrogens (tertiary/aromatic N) is 1. The van der Waals surface area contributed by atoms with Crippen LogP contribution in [-0.4, -0.2) is 10.9 Å². The molecule has 0 saturated heterocycles. The number of hydrogen-bond donors (Lipinski definition) is 1. The standard InChI is InChI=1S/C11H10N2OS2/c14-10(8-3-4-15-5-8)13-11-12-9(6-16-11)7-1-2-7/h3-7H,1-2H2,(H,12,13,14). The molecule has 1 amide bonds. The fourth-order valence-corrected chi connectivity index (χ4v) is 2.90. The van der Waals surface area contributed by atoms with E-state index in [0.717, 1.165) is 5.69 Å². The van der Waals surface area contributed by atoms with Crippen molar-refractivity contribution in [2.24, 2.45) is 0 Å². The van der Waals surface area contributed by atoms with Crippen LogP contribution < -0.4 is 5.32 Å². The number of anilines is 1. The van der Waals surface area contributed by atoms with Gasteiger partial charge in [0.05, 0.1) is 11.3 Å². The fraction of sp³-hybridized carbons (Fsp3) is 0.273. The van der Waals surface area contributed by atoms with Gasteiger partial charge in [-0.25, -0.2) is 4.98 Å². The number of thiophene rings is 1. The van der Waals surface area contributed by atoms with Crippen molar-refractivity contribution >= 4 is 33.7 Å². The predicted octanol–water partition coefficient (Wildman–Crippen LogP) is 3.33. The molecule has 2 aromatic heterocycles. The average molecular weight is 250 g/mol. The molecule has 16 heavy (non-hydrogen) atoms. The van der Waals surface area contributed by atoms with E-state index in [1.165, 1.54) is 35.5 Å². The van der Waals surface area contributed by atoms with Crippen LogP contribution in [0.1, 0.15) is 34.8 Å². The first-order valence-electron chi connectivity index (χ1n) is 5.12. The van der Waals surface area contributed by atoms with Gasteiger partial charge >= 0.3 is 0 Å². The Morgan fingerprint density at radius 2 is 2.31 bits per heavy atom. The first-order valence-corrected chi connectivity index (χ1v) is 6.94. The van der Waals surface area contributed by atoms with E-state index in [2.05, 4.69) is 10.3 Å². The minimum absolute atomic E-state index is 0.0713. The summed E-state index contributed by atoms with van der Waals surface area (Å²) in [6.45, 7) is 0. The highest BCUT2D eigenvalue weighted by Gasteiger charge is 2.26. The molecule has 0 aromatic carbocycles. The smallest absolute Gasteiger partial charge is 0.258 e. The number of hydrogen-bond acceptors (Lipinski definition) is 4.